The Morgan fingerprint density at radius 1 is 1.33 bits per heavy atom. The van der Waals surface area contributed by atoms with Crippen molar-refractivity contribution >= 4 is 5.78 Å². The SMILES string of the molecule is CC(=O)c1c(O)ccc(C(F)(F)F)c1C. The number of halogens is 3. The number of hydrogen-bond acceptors (Lipinski definition) is 2. The third kappa shape index (κ3) is 2.11. The molecule has 1 N–H and O–H groups in total. The van der Waals surface area contributed by atoms with Gasteiger partial charge in [0, 0.05) is 0 Å². The van der Waals surface area contributed by atoms with Crippen LogP contribution >= 0.6 is 0 Å². The molecular weight excluding hydrogens is 209 g/mol. The van der Waals surface area contributed by atoms with Crippen LogP contribution in [0.2, 0.25) is 0 Å². The first-order chi connectivity index (χ1) is 6.75. The Morgan fingerprint density at radius 3 is 2.27 bits per heavy atom. The van der Waals surface area contributed by atoms with Crippen molar-refractivity contribution in [2.45, 2.75) is 20.0 Å². The Balaban J connectivity index is 3.49. The number of phenols is 1. The number of hydrogen-bond donors (Lipinski definition) is 1. The van der Waals surface area contributed by atoms with Gasteiger partial charge in [0.1, 0.15) is 5.75 Å². The first kappa shape index (κ1) is 11.6. The highest BCUT2D eigenvalue weighted by Crippen LogP contribution is 2.35. The lowest BCUT2D eigenvalue weighted by atomic mass is 9.98. The van der Waals surface area contributed by atoms with Crippen LogP contribution in [0.5, 0.6) is 5.75 Å². The van der Waals surface area contributed by atoms with E-state index in [1.807, 2.05) is 0 Å². The van der Waals surface area contributed by atoms with Gasteiger partial charge in [-0.05, 0) is 31.5 Å². The second kappa shape index (κ2) is 3.56. The van der Waals surface area contributed by atoms with Crippen molar-refractivity contribution in [2.24, 2.45) is 0 Å². The lowest BCUT2D eigenvalue weighted by Gasteiger charge is -2.13. The maximum atomic E-state index is 12.4. The molecule has 0 saturated carbocycles. The summed E-state index contributed by atoms with van der Waals surface area (Å²) in [7, 11) is 0. The zero-order chi connectivity index (χ0) is 11.8. The predicted molar refractivity (Wildman–Crippen MR) is 47.9 cm³/mol. The van der Waals surface area contributed by atoms with Crippen molar-refractivity contribution in [3.63, 3.8) is 0 Å². The van der Waals surface area contributed by atoms with Crippen LogP contribution < -0.4 is 0 Å². The normalized spacial score (nSPS) is 11.5. The maximum Gasteiger partial charge on any atom is 0.416 e. The van der Waals surface area contributed by atoms with Gasteiger partial charge in [-0.25, -0.2) is 0 Å². The molecule has 0 unspecified atom stereocenters. The highest BCUT2D eigenvalue weighted by atomic mass is 19.4. The van der Waals surface area contributed by atoms with E-state index in [9.17, 15) is 23.1 Å². The molecule has 0 aromatic heterocycles. The largest absolute Gasteiger partial charge is 0.507 e. The minimum Gasteiger partial charge on any atom is -0.507 e. The van der Waals surface area contributed by atoms with Crippen molar-refractivity contribution in [1.29, 1.82) is 0 Å². The lowest BCUT2D eigenvalue weighted by Crippen LogP contribution is -2.10. The molecule has 2 nitrogen and oxygen atoms in total. The quantitative estimate of drug-likeness (QED) is 0.736. The zero-order valence-electron chi connectivity index (χ0n) is 8.14. The third-order valence-corrected chi connectivity index (χ3v) is 2.10. The average molecular weight is 218 g/mol. The van der Waals surface area contributed by atoms with Gasteiger partial charge in [0.2, 0.25) is 0 Å². The molecule has 0 spiro atoms. The van der Waals surface area contributed by atoms with E-state index in [1.54, 1.807) is 0 Å². The second-order valence-electron chi connectivity index (χ2n) is 3.19. The minimum absolute atomic E-state index is 0.241. The number of rotatable bonds is 1. The molecule has 0 bridgehead atoms. The number of ketones is 1. The summed E-state index contributed by atoms with van der Waals surface area (Å²) < 4.78 is 37.3. The molecule has 15 heavy (non-hydrogen) atoms. The molecule has 0 saturated heterocycles. The van der Waals surface area contributed by atoms with Gasteiger partial charge in [-0.3, -0.25) is 4.79 Å². The van der Waals surface area contributed by atoms with Crippen LogP contribution in [-0.2, 0) is 6.18 Å². The summed E-state index contributed by atoms with van der Waals surface area (Å²) in [6.07, 6.45) is -4.51. The molecule has 0 radical (unpaired) electrons. The van der Waals surface area contributed by atoms with E-state index in [-0.39, 0.29) is 11.1 Å². The fourth-order valence-corrected chi connectivity index (χ4v) is 1.45. The fourth-order valence-electron chi connectivity index (χ4n) is 1.45. The lowest BCUT2D eigenvalue weighted by molar-refractivity contribution is -0.138. The van der Waals surface area contributed by atoms with Crippen LogP contribution in [0.3, 0.4) is 0 Å². The molecule has 0 aliphatic carbocycles. The van der Waals surface area contributed by atoms with E-state index < -0.39 is 23.3 Å². The van der Waals surface area contributed by atoms with Crippen LogP contribution in [-0.4, -0.2) is 10.9 Å². The van der Waals surface area contributed by atoms with E-state index in [1.165, 1.54) is 6.92 Å². The van der Waals surface area contributed by atoms with Crippen LogP contribution in [0.25, 0.3) is 0 Å². The summed E-state index contributed by atoms with van der Waals surface area (Å²) in [6.45, 7) is 2.28. The van der Waals surface area contributed by atoms with Gasteiger partial charge in [0.05, 0.1) is 11.1 Å². The molecule has 1 aromatic carbocycles. The van der Waals surface area contributed by atoms with Crippen LogP contribution in [0, 0.1) is 6.92 Å². The molecule has 5 heteroatoms. The number of phenolic OH excluding ortho intramolecular Hbond substituents is 1. The summed E-state index contributed by atoms with van der Waals surface area (Å²) >= 11 is 0. The maximum absolute atomic E-state index is 12.4. The first-order valence-corrected chi connectivity index (χ1v) is 4.16. The van der Waals surface area contributed by atoms with Crippen molar-refractivity contribution in [2.75, 3.05) is 0 Å². The monoisotopic (exact) mass is 218 g/mol. The van der Waals surface area contributed by atoms with Crippen molar-refractivity contribution in [3.05, 3.63) is 28.8 Å². The number of benzene rings is 1. The van der Waals surface area contributed by atoms with Gasteiger partial charge >= 0.3 is 6.18 Å². The number of Topliss-reactive ketones (excluding diaryl/α,β-unsaturated/α-hetero) is 1. The topological polar surface area (TPSA) is 37.3 Å². The molecule has 1 aromatic rings. The molecule has 0 amide bonds. The van der Waals surface area contributed by atoms with Crippen molar-refractivity contribution < 1.29 is 23.1 Å². The summed E-state index contributed by atoms with van der Waals surface area (Å²) in [6, 6.07) is 1.64. The summed E-state index contributed by atoms with van der Waals surface area (Å²) in [4.78, 5) is 11.0. The first-order valence-electron chi connectivity index (χ1n) is 4.16. The Bertz CT molecular complexity index is 408. The van der Waals surface area contributed by atoms with Gasteiger partial charge in [0.25, 0.3) is 0 Å². The van der Waals surface area contributed by atoms with Crippen LogP contribution in [0.4, 0.5) is 13.2 Å². The van der Waals surface area contributed by atoms with E-state index in [0.29, 0.717) is 0 Å². The molecule has 1 rings (SSSR count). The third-order valence-electron chi connectivity index (χ3n) is 2.10. The number of carbonyl (C=O) groups excluding carboxylic acids is 1. The smallest absolute Gasteiger partial charge is 0.416 e. The van der Waals surface area contributed by atoms with E-state index in [0.717, 1.165) is 19.1 Å². The van der Waals surface area contributed by atoms with Crippen molar-refractivity contribution in [1.82, 2.24) is 0 Å². The molecule has 0 aliphatic rings. The van der Waals surface area contributed by atoms with Gasteiger partial charge in [-0.15, -0.1) is 0 Å². The standard InChI is InChI=1S/C10H9F3O2/c1-5-7(10(11,12)13)3-4-8(15)9(5)6(2)14/h3-4,15H,1-2H3. The summed E-state index contributed by atoms with van der Waals surface area (Å²) in [5, 5.41) is 9.26. The number of carbonyl (C=O) groups is 1. The molecule has 0 heterocycles. The van der Waals surface area contributed by atoms with E-state index in [4.69, 9.17) is 0 Å². The average Bonchev–Trinajstić information content (AvgIpc) is 2.00. The number of alkyl halides is 3. The summed E-state index contributed by atoms with van der Waals surface area (Å²) in [5.74, 6) is -1.01. The highest BCUT2D eigenvalue weighted by molar-refractivity contribution is 5.98. The molecular formula is C10H9F3O2. The Hall–Kier alpha value is -1.52. The second-order valence-corrected chi connectivity index (χ2v) is 3.19. The van der Waals surface area contributed by atoms with E-state index >= 15 is 0 Å². The minimum atomic E-state index is -4.51. The fraction of sp³-hybridized carbons (Fsp3) is 0.300. The molecule has 0 aliphatic heterocycles. The molecule has 0 fully saturated rings. The van der Waals surface area contributed by atoms with Crippen LogP contribution in [0.15, 0.2) is 12.1 Å². The Labute approximate surface area is 84.3 Å². The highest BCUT2D eigenvalue weighted by Gasteiger charge is 2.34. The Morgan fingerprint density at radius 2 is 1.87 bits per heavy atom. The van der Waals surface area contributed by atoms with Gasteiger partial charge in [-0.2, -0.15) is 13.2 Å². The Kier molecular flexibility index (Phi) is 2.75. The summed E-state index contributed by atoms with van der Waals surface area (Å²) in [5.41, 5.74) is -1.41. The zero-order valence-corrected chi connectivity index (χ0v) is 8.14. The molecule has 0 atom stereocenters. The molecule has 82 valence electrons. The van der Waals surface area contributed by atoms with Gasteiger partial charge < -0.3 is 5.11 Å². The van der Waals surface area contributed by atoms with Crippen molar-refractivity contribution in [3.8, 4) is 5.75 Å². The van der Waals surface area contributed by atoms with Gasteiger partial charge in [-0.1, -0.05) is 0 Å². The van der Waals surface area contributed by atoms with Gasteiger partial charge in [0.15, 0.2) is 5.78 Å². The predicted octanol–water partition coefficient (Wildman–Crippen LogP) is 2.92. The number of aromatic hydroxyl groups is 1. The van der Waals surface area contributed by atoms with Crippen LogP contribution in [0.1, 0.15) is 28.4 Å². The van der Waals surface area contributed by atoms with E-state index in [2.05, 4.69) is 0 Å².